The van der Waals surface area contributed by atoms with Gasteiger partial charge in [0.25, 0.3) is 0 Å². The summed E-state index contributed by atoms with van der Waals surface area (Å²) in [5, 5.41) is 11.0. The Hall–Kier alpha value is -1.09. The number of phenols is 1. The smallest absolute Gasteiger partial charge is 0.197 e. The molecule has 0 saturated heterocycles. The fourth-order valence-corrected chi connectivity index (χ4v) is 5.64. The summed E-state index contributed by atoms with van der Waals surface area (Å²) in [5.74, 6) is 1.01. The molecule has 0 saturated carbocycles. The SMILES string of the molecule is CCCCc1oc2c3c(ccc2c1C(=O)c1cc(I)c(O)c(I)c1)CCC3. The van der Waals surface area contributed by atoms with Crippen molar-refractivity contribution in [1.29, 1.82) is 0 Å². The van der Waals surface area contributed by atoms with Crippen LogP contribution in [-0.4, -0.2) is 10.9 Å². The van der Waals surface area contributed by atoms with Crippen LogP contribution in [0.5, 0.6) is 5.75 Å². The Labute approximate surface area is 185 Å². The molecule has 0 bridgehead atoms. The highest BCUT2D eigenvalue weighted by Crippen LogP contribution is 2.37. The Morgan fingerprint density at radius 2 is 1.93 bits per heavy atom. The second-order valence-electron chi connectivity index (χ2n) is 7.05. The first-order valence-corrected chi connectivity index (χ1v) is 11.5. The van der Waals surface area contributed by atoms with Crippen molar-refractivity contribution in [2.75, 3.05) is 0 Å². The highest BCUT2D eigenvalue weighted by atomic mass is 127. The van der Waals surface area contributed by atoms with Gasteiger partial charge in [0.05, 0.1) is 12.7 Å². The Morgan fingerprint density at radius 1 is 1.19 bits per heavy atom. The van der Waals surface area contributed by atoms with Crippen LogP contribution in [0.1, 0.15) is 59.0 Å². The number of carbonyl (C=O) groups is 1. The zero-order chi connectivity index (χ0) is 19.1. The lowest BCUT2D eigenvalue weighted by molar-refractivity contribution is 0.103. The molecule has 0 aliphatic heterocycles. The van der Waals surface area contributed by atoms with Crippen LogP contribution in [0, 0.1) is 7.14 Å². The Bertz CT molecular complexity index is 1030. The summed E-state index contributed by atoms with van der Waals surface area (Å²) >= 11 is 4.14. The first-order chi connectivity index (χ1) is 13.0. The van der Waals surface area contributed by atoms with E-state index in [9.17, 15) is 9.90 Å². The zero-order valence-corrected chi connectivity index (χ0v) is 19.4. The fraction of sp³-hybridized carbons (Fsp3) is 0.318. The molecule has 4 rings (SSSR count). The number of aryl methyl sites for hydroxylation is 3. The topological polar surface area (TPSA) is 50.4 Å². The van der Waals surface area contributed by atoms with Crippen LogP contribution in [0.2, 0.25) is 0 Å². The average Bonchev–Trinajstić information content (AvgIpc) is 3.27. The fourth-order valence-electron chi connectivity index (χ4n) is 3.87. The van der Waals surface area contributed by atoms with Crippen molar-refractivity contribution in [2.24, 2.45) is 0 Å². The third kappa shape index (κ3) is 3.41. The number of phenolic OH excluding ortho intramolecular Hbond substituents is 1. The maximum Gasteiger partial charge on any atom is 0.197 e. The Balaban J connectivity index is 1.90. The Kier molecular flexibility index (Phi) is 5.51. The number of halogens is 2. The molecule has 1 aliphatic carbocycles. The number of ketones is 1. The normalized spacial score (nSPS) is 13.3. The molecule has 0 radical (unpaired) electrons. The third-order valence-corrected chi connectivity index (χ3v) is 6.91. The number of unbranched alkanes of at least 4 members (excludes halogenated alkanes) is 1. The van der Waals surface area contributed by atoms with Crippen LogP contribution in [-0.2, 0) is 19.3 Å². The van der Waals surface area contributed by atoms with Crippen LogP contribution in [0.15, 0.2) is 28.7 Å². The average molecular weight is 586 g/mol. The van der Waals surface area contributed by atoms with E-state index in [1.807, 2.05) is 0 Å². The lowest BCUT2D eigenvalue weighted by atomic mass is 9.96. The van der Waals surface area contributed by atoms with Crippen molar-refractivity contribution in [1.82, 2.24) is 0 Å². The van der Waals surface area contributed by atoms with Crippen LogP contribution >= 0.6 is 45.2 Å². The number of fused-ring (bicyclic) bond motifs is 3. The van der Waals surface area contributed by atoms with Gasteiger partial charge in [-0.1, -0.05) is 25.5 Å². The van der Waals surface area contributed by atoms with Gasteiger partial charge in [0.2, 0.25) is 0 Å². The Morgan fingerprint density at radius 3 is 2.63 bits per heavy atom. The van der Waals surface area contributed by atoms with E-state index in [0.29, 0.717) is 18.3 Å². The summed E-state index contributed by atoms with van der Waals surface area (Å²) in [6.07, 6.45) is 6.08. The van der Waals surface area contributed by atoms with Gasteiger partial charge in [-0.25, -0.2) is 0 Å². The number of hydrogen-bond donors (Lipinski definition) is 1. The molecule has 5 heteroatoms. The van der Waals surface area contributed by atoms with Gasteiger partial charge in [-0.3, -0.25) is 4.79 Å². The molecule has 0 atom stereocenters. The predicted molar refractivity (Wildman–Crippen MR) is 124 cm³/mol. The summed E-state index contributed by atoms with van der Waals surface area (Å²) in [6.45, 7) is 2.15. The van der Waals surface area contributed by atoms with Crippen LogP contribution < -0.4 is 0 Å². The zero-order valence-electron chi connectivity index (χ0n) is 15.1. The molecular formula is C22H20I2O3. The number of aromatic hydroxyl groups is 1. The maximum atomic E-state index is 13.5. The van der Waals surface area contributed by atoms with Crippen LogP contribution in [0.3, 0.4) is 0 Å². The van der Waals surface area contributed by atoms with E-state index in [4.69, 9.17) is 4.42 Å². The van der Waals surface area contributed by atoms with Gasteiger partial charge in [0.15, 0.2) is 5.78 Å². The highest BCUT2D eigenvalue weighted by Gasteiger charge is 2.26. The van der Waals surface area contributed by atoms with Gasteiger partial charge in [0, 0.05) is 17.4 Å². The largest absolute Gasteiger partial charge is 0.506 e. The second kappa shape index (κ2) is 7.73. The van der Waals surface area contributed by atoms with Crippen molar-refractivity contribution >= 4 is 61.9 Å². The number of rotatable bonds is 5. The number of furan rings is 1. The van der Waals surface area contributed by atoms with Gasteiger partial charge < -0.3 is 9.52 Å². The van der Waals surface area contributed by atoms with Gasteiger partial charge in [-0.2, -0.15) is 0 Å². The van der Waals surface area contributed by atoms with Crippen molar-refractivity contribution < 1.29 is 14.3 Å². The standard InChI is InChI=1S/C22H20I2O3/c1-2-3-7-18-19(20(25)13-10-16(23)21(26)17(24)11-13)15-9-8-12-5-4-6-14(12)22(15)27-18/h8-11,26H,2-7H2,1H3. The molecule has 1 aromatic heterocycles. The molecule has 0 spiro atoms. The van der Waals surface area contributed by atoms with E-state index in [1.54, 1.807) is 12.1 Å². The maximum absolute atomic E-state index is 13.5. The molecule has 0 unspecified atom stereocenters. The first kappa shape index (κ1) is 19.2. The lowest BCUT2D eigenvalue weighted by Gasteiger charge is -2.07. The number of hydrogen-bond acceptors (Lipinski definition) is 3. The molecule has 3 nitrogen and oxygen atoms in total. The first-order valence-electron chi connectivity index (χ1n) is 9.30. The van der Waals surface area contributed by atoms with Crippen molar-refractivity contribution in [3.63, 3.8) is 0 Å². The molecule has 0 amide bonds. The molecule has 2 aromatic carbocycles. The van der Waals surface area contributed by atoms with Gasteiger partial charge in [0.1, 0.15) is 17.1 Å². The molecule has 140 valence electrons. The van der Waals surface area contributed by atoms with E-state index in [0.717, 1.165) is 55.3 Å². The van der Waals surface area contributed by atoms with E-state index in [2.05, 4.69) is 64.2 Å². The molecule has 1 heterocycles. The molecule has 27 heavy (non-hydrogen) atoms. The van der Waals surface area contributed by atoms with E-state index >= 15 is 0 Å². The minimum Gasteiger partial charge on any atom is -0.506 e. The summed E-state index contributed by atoms with van der Waals surface area (Å²) in [4.78, 5) is 13.5. The minimum absolute atomic E-state index is 0.0198. The minimum atomic E-state index is -0.0198. The van der Waals surface area contributed by atoms with Crippen molar-refractivity contribution in [3.05, 3.63) is 59.4 Å². The van der Waals surface area contributed by atoms with Crippen LogP contribution in [0.25, 0.3) is 11.0 Å². The van der Waals surface area contributed by atoms with Gasteiger partial charge in [-0.05, 0) is 94.1 Å². The second-order valence-corrected chi connectivity index (χ2v) is 9.38. The van der Waals surface area contributed by atoms with Crippen molar-refractivity contribution in [2.45, 2.75) is 45.4 Å². The summed E-state index contributed by atoms with van der Waals surface area (Å²) in [5.41, 5.74) is 4.83. The quantitative estimate of drug-likeness (QED) is 0.278. The lowest BCUT2D eigenvalue weighted by Crippen LogP contribution is -2.05. The molecular weight excluding hydrogens is 566 g/mol. The van der Waals surface area contributed by atoms with Crippen molar-refractivity contribution in [3.8, 4) is 5.75 Å². The highest BCUT2D eigenvalue weighted by molar-refractivity contribution is 14.1. The monoisotopic (exact) mass is 586 g/mol. The van der Waals surface area contributed by atoms with E-state index in [1.165, 1.54) is 11.1 Å². The number of benzene rings is 2. The summed E-state index contributed by atoms with van der Waals surface area (Å²) < 4.78 is 7.67. The van der Waals surface area contributed by atoms with Gasteiger partial charge in [-0.15, -0.1) is 0 Å². The third-order valence-electron chi connectivity index (χ3n) is 5.27. The van der Waals surface area contributed by atoms with E-state index in [-0.39, 0.29) is 11.5 Å². The summed E-state index contributed by atoms with van der Waals surface area (Å²) in [7, 11) is 0. The molecule has 0 fully saturated rings. The molecule has 3 aromatic rings. The molecule has 1 N–H and O–H groups in total. The van der Waals surface area contributed by atoms with Crippen LogP contribution in [0.4, 0.5) is 0 Å². The van der Waals surface area contributed by atoms with Gasteiger partial charge >= 0.3 is 0 Å². The van der Waals surface area contributed by atoms with E-state index < -0.39 is 0 Å². The predicted octanol–water partition coefficient (Wildman–Crippen LogP) is 6.41. The molecule has 1 aliphatic rings. The summed E-state index contributed by atoms with van der Waals surface area (Å²) in [6, 6.07) is 7.74. The number of carbonyl (C=O) groups excluding carboxylic acids is 1.